The molecule has 0 fully saturated rings. The zero-order chi connectivity index (χ0) is 21.3. The zero-order valence-electron chi connectivity index (χ0n) is 17.1. The SMILES string of the molecule is CCCc1nnc2n1N[C@H](c1ccc(C)cc1)[C@H](C(=O)Nc1cc(Cl)ccc1C)S2. The van der Waals surface area contributed by atoms with Gasteiger partial charge >= 0.3 is 0 Å². The Morgan fingerprint density at radius 3 is 2.70 bits per heavy atom. The van der Waals surface area contributed by atoms with E-state index in [-0.39, 0.29) is 11.9 Å². The van der Waals surface area contributed by atoms with Crippen molar-refractivity contribution in [1.29, 1.82) is 0 Å². The van der Waals surface area contributed by atoms with Crippen molar-refractivity contribution >= 4 is 35.0 Å². The van der Waals surface area contributed by atoms with Gasteiger partial charge in [-0.25, -0.2) is 4.68 Å². The van der Waals surface area contributed by atoms with Crippen molar-refractivity contribution in [2.75, 3.05) is 10.7 Å². The van der Waals surface area contributed by atoms with E-state index in [4.69, 9.17) is 11.6 Å². The molecule has 30 heavy (non-hydrogen) atoms. The van der Waals surface area contributed by atoms with Gasteiger partial charge < -0.3 is 10.7 Å². The van der Waals surface area contributed by atoms with Crippen LogP contribution in [0.2, 0.25) is 5.02 Å². The first-order chi connectivity index (χ1) is 14.5. The van der Waals surface area contributed by atoms with Crippen molar-refractivity contribution in [3.63, 3.8) is 0 Å². The molecule has 0 unspecified atom stereocenters. The first kappa shape index (κ1) is 20.8. The smallest absolute Gasteiger partial charge is 0.240 e. The second kappa shape index (κ2) is 8.70. The van der Waals surface area contributed by atoms with E-state index in [0.717, 1.165) is 35.5 Å². The summed E-state index contributed by atoms with van der Waals surface area (Å²) in [5.74, 6) is 0.774. The van der Waals surface area contributed by atoms with Crippen LogP contribution in [0.1, 0.15) is 41.9 Å². The lowest BCUT2D eigenvalue weighted by Gasteiger charge is -2.33. The molecule has 2 N–H and O–H groups in total. The molecule has 1 aliphatic rings. The van der Waals surface area contributed by atoms with Crippen LogP contribution in [0.25, 0.3) is 0 Å². The van der Waals surface area contributed by atoms with Gasteiger partial charge in [-0.1, -0.05) is 66.2 Å². The highest BCUT2D eigenvalue weighted by Crippen LogP contribution is 2.38. The Balaban J connectivity index is 1.68. The van der Waals surface area contributed by atoms with Gasteiger partial charge in [0.25, 0.3) is 0 Å². The minimum atomic E-state index is -0.419. The number of aromatic nitrogens is 3. The molecular weight excluding hydrogens is 418 g/mol. The molecular formula is C22H24ClN5OS. The summed E-state index contributed by atoms with van der Waals surface area (Å²) >= 11 is 7.56. The van der Waals surface area contributed by atoms with E-state index < -0.39 is 5.25 Å². The summed E-state index contributed by atoms with van der Waals surface area (Å²) in [6.07, 6.45) is 1.79. The Hall–Kier alpha value is -2.51. The molecule has 2 atom stereocenters. The molecule has 0 bridgehead atoms. The molecule has 0 spiro atoms. The van der Waals surface area contributed by atoms with Crippen LogP contribution >= 0.6 is 23.4 Å². The van der Waals surface area contributed by atoms with Crippen molar-refractivity contribution in [2.24, 2.45) is 0 Å². The summed E-state index contributed by atoms with van der Waals surface area (Å²) in [4.78, 5) is 13.4. The lowest BCUT2D eigenvalue weighted by molar-refractivity contribution is -0.116. The van der Waals surface area contributed by atoms with E-state index in [1.807, 2.05) is 23.7 Å². The average Bonchev–Trinajstić information content (AvgIpc) is 3.12. The highest BCUT2D eigenvalue weighted by atomic mass is 35.5. The fraction of sp³-hybridized carbons (Fsp3) is 0.318. The number of rotatable bonds is 5. The number of carbonyl (C=O) groups is 1. The molecule has 3 aromatic rings. The lowest BCUT2D eigenvalue weighted by atomic mass is 10.0. The monoisotopic (exact) mass is 441 g/mol. The number of fused-ring (bicyclic) bond motifs is 1. The zero-order valence-corrected chi connectivity index (χ0v) is 18.7. The Bertz CT molecular complexity index is 1070. The van der Waals surface area contributed by atoms with E-state index in [2.05, 4.69) is 59.1 Å². The van der Waals surface area contributed by atoms with Gasteiger partial charge in [-0.3, -0.25) is 4.79 Å². The normalized spacial score (nSPS) is 17.9. The lowest BCUT2D eigenvalue weighted by Crippen LogP contribution is -2.41. The van der Waals surface area contributed by atoms with Crippen LogP contribution in [0.5, 0.6) is 0 Å². The maximum Gasteiger partial charge on any atom is 0.240 e. The van der Waals surface area contributed by atoms with Gasteiger partial charge in [0, 0.05) is 17.1 Å². The largest absolute Gasteiger partial charge is 0.325 e. The van der Waals surface area contributed by atoms with Crippen LogP contribution in [0.4, 0.5) is 5.69 Å². The summed E-state index contributed by atoms with van der Waals surface area (Å²) in [6.45, 7) is 6.11. The molecule has 2 heterocycles. The van der Waals surface area contributed by atoms with Crippen LogP contribution in [-0.4, -0.2) is 26.0 Å². The van der Waals surface area contributed by atoms with Crippen molar-refractivity contribution in [1.82, 2.24) is 14.9 Å². The third kappa shape index (κ3) is 4.18. The van der Waals surface area contributed by atoms with Gasteiger partial charge in [0.15, 0.2) is 5.82 Å². The van der Waals surface area contributed by atoms with E-state index >= 15 is 0 Å². The fourth-order valence-electron chi connectivity index (χ4n) is 3.44. The number of thioether (sulfide) groups is 1. The van der Waals surface area contributed by atoms with E-state index in [1.165, 1.54) is 17.3 Å². The first-order valence-corrected chi connectivity index (χ1v) is 11.2. The average molecular weight is 442 g/mol. The number of hydrogen-bond acceptors (Lipinski definition) is 5. The van der Waals surface area contributed by atoms with Crippen molar-refractivity contribution in [3.05, 3.63) is 70.0 Å². The molecule has 0 radical (unpaired) electrons. The number of hydrogen-bond donors (Lipinski definition) is 2. The quantitative estimate of drug-likeness (QED) is 0.589. The predicted molar refractivity (Wildman–Crippen MR) is 122 cm³/mol. The molecule has 1 aromatic heterocycles. The molecule has 0 aliphatic carbocycles. The Kier molecular flexibility index (Phi) is 6.01. The van der Waals surface area contributed by atoms with Gasteiger partial charge in [0.05, 0.1) is 6.04 Å². The van der Waals surface area contributed by atoms with E-state index in [1.54, 1.807) is 6.07 Å². The number of benzene rings is 2. The molecule has 0 saturated carbocycles. The Labute approximate surface area is 185 Å². The number of anilines is 1. The standard InChI is InChI=1S/C22H24ClN5OS/c1-4-5-18-25-26-22-28(18)27-19(15-9-6-13(2)7-10-15)20(30-22)21(29)24-17-12-16(23)11-8-14(17)3/h6-12,19-20,27H,4-5H2,1-3H3,(H,24,29)/t19-,20-/m1/s1. The molecule has 156 valence electrons. The van der Waals surface area contributed by atoms with Gasteiger partial charge in [-0.15, -0.1) is 10.2 Å². The van der Waals surface area contributed by atoms with Gasteiger partial charge in [-0.2, -0.15) is 0 Å². The third-order valence-corrected chi connectivity index (χ3v) is 6.58. The minimum Gasteiger partial charge on any atom is -0.325 e. The molecule has 1 aliphatic heterocycles. The highest BCUT2D eigenvalue weighted by Gasteiger charge is 2.37. The van der Waals surface area contributed by atoms with Crippen LogP contribution in [0.3, 0.4) is 0 Å². The van der Waals surface area contributed by atoms with Crippen LogP contribution in [0, 0.1) is 13.8 Å². The van der Waals surface area contributed by atoms with Crippen molar-refractivity contribution in [3.8, 4) is 0 Å². The number of carbonyl (C=O) groups excluding carboxylic acids is 1. The summed E-state index contributed by atoms with van der Waals surface area (Å²) in [6, 6.07) is 13.5. The minimum absolute atomic E-state index is 0.102. The van der Waals surface area contributed by atoms with Crippen LogP contribution in [0.15, 0.2) is 47.6 Å². The van der Waals surface area contributed by atoms with E-state index in [9.17, 15) is 4.79 Å². The second-order valence-corrected chi connectivity index (χ2v) is 9.03. The van der Waals surface area contributed by atoms with Gasteiger partial charge in [0.2, 0.25) is 11.1 Å². The highest BCUT2D eigenvalue weighted by molar-refractivity contribution is 8.00. The number of halogens is 1. The molecule has 0 saturated heterocycles. The van der Waals surface area contributed by atoms with Gasteiger partial charge in [0.1, 0.15) is 5.25 Å². The summed E-state index contributed by atoms with van der Waals surface area (Å²) in [5, 5.41) is 12.5. The maximum atomic E-state index is 13.4. The van der Waals surface area contributed by atoms with Gasteiger partial charge in [-0.05, 0) is 43.5 Å². The molecule has 4 rings (SSSR count). The molecule has 2 aromatic carbocycles. The topological polar surface area (TPSA) is 71.8 Å². The summed E-state index contributed by atoms with van der Waals surface area (Å²) in [7, 11) is 0. The third-order valence-electron chi connectivity index (χ3n) is 5.13. The molecule has 8 heteroatoms. The summed E-state index contributed by atoms with van der Waals surface area (Å²) < 4.78 is 1.92. The Morgan fingerprint density at radius 2 is 1.97 bits per heavy atom. The predicted octanol–water partition coefficient (Wildman–Crippen LogP) is 4.90. The summed E-state index contributed by atoms with van der Waals surface area (Å²) in [5.41, 5.74) is 7.39. The number of amides is 1. The fourth-order valence-corrected chi connectivity index (χ4v) is 4.71. The van der Waals surface area contributed by atoms with Crippen molar-refractivity contribution in [2.45, 2.75) is 50.1 Å². The first-order valence-electron chi connectivity index (χ1n) is 9.97. The van der Waals surface area contributed by atoms with Crippen LogP contribution in [-0.2, 0) is 11.2 Å². The van der Waals surface area contributed by atoms with Crippen LogP contribution < -0.4 is 10.7 Å². The number of nitrogens with one attached hydrogen (secondary N) is 2. The molecule has 1 amide bonds. The van der Waals surface area contributed by atoms with Crippen molar-refractivity contribution < 1.29 is 4.79 Å². The Morgan fingerprint density at radius 1 is 1.20 bits per heavy atom. The van der Waals surface area contributed by atoms with E-state index in [0.29, 0.717) is 10.2 Å². The number of aryl methyl sites for hydroxylation is 3. The number of nitrogens with zero attached hydrogens (tertiary/aromatic N) is 3. The second-order valence-electron chi connectivity index (χ2n) is 7.49. The molecule has 6 nitrogen and oxygen atoms in total. The maximum absolute atomic E-state index is 13.4.